The summed E-state index contributed by atoms with van der Waals surface area (Å²) in [6.45, 7) is 3.48. The molecule has 1 unspecified atom stereocenters. The summed E-state index contributed by atoms with van der Waals surface area (Å²) in [6.07, 6.45) is 0.594. The lowest BCUT2D eigenvalue weighted by atomic mass is 10.3. The predicted molar refractivity (Wildman–Crippen MR) is 56.4 cm³/mol. The molecule has 0 saturated heterocycles. The van der Waals surface area contributed by atoms with Crippen LogP contribution in [0.15, 0.2) is 23.1 Å². The molecule has 6 heteroatoms. The van der Waals surface area contributed by atoms with Crippen molar-refractivity contribution >= 4 is 10.0 Å². The van der Waals surface area contributed by atoms with E-state index in [1.807, 2.05) is 0 Å². The van der Waals surface area contributed by atoms with Crippen molar-refractivity contribution in [1.29, 1.82) is 0 Å². The van der Waals surface area contributed by atoms with Crippen LogP contribution >= 0.6 is 0 Å². The second kappa shape index (κ2) is 4.88. The largest absolute Gasteiger partial charge is 0.241 e. The van der Waals surface area contributed by atoms with Gasteiger partial charge < -0.3 is 0 Å². The molecule has 0 aliphatic rings. The normalized spacial score (nSPS) is 13.8. The van der Waals surface area contributed by atoms with Crippen LogP contribution < -0.4 is 4.72 Å². The van der Waals surface area contributed by atoms with Crippen molar-refractivity contribution in [1.82, 2.24) is 4.72 Å². The second-order valence-electron chi connectivity index (χ2n) is 3.54. The molecule has 1 atom stereocenters. The van der Waals surface area contributed by atoms with Gasteiger partial charge in [-0.15, -0.1) is 0 Å². The highest BCUT2D eigenvalue weighted by Crippen LogP contribution is 2.14. The summed E-state index contributed by atoms with van der Waals surface area (Å²) in [4.78, 5) is -0.398. The Morgan fingerprint density at radius 1 is 1.25 bits per heavy atom. The Bertz CT molecular complexity index is 453. The molecule has 1 N–H and O–H groups in total. The van der Waals surface area contributed by atoms with E-state index in [2.05, 4.69) is 4.72 Å². The van der Waals surface area contributed by atoms with E-state index >= 15 is 0 Å². The first-order valence-electron chi connectivity index (χ1n) is 4.83. The molecule has 1 rings (SSSR count). The van der Waals surface area contributed by atoms with Crippen molar-refractivity contribution < 1.29 is 17.2 Å². The molecule has 3 nitrogen and oxygen atoms in total. The maximum atomic E-state index is 12.8. The van der Waals surface area contributed by atoms with Gasteiger partial charge in [0.1, 0.15) is 11.6 Å². The Labute approximate surface area is 93.5 Å². The first kappa shape index (κ1) is 13.1. The monoisotopic (exact) mass is 249 g/mol. The van der Waals surface area contributed by atoms with E-state index in [1.165, 1.54) is 0 Å². The van der Waals surface area contributed by atoms with Gasteiger partial charge in [-0.1, -0.05) is 6.92 Å². The topological polar surface area (TPSA) is 46.2 Å². The van der Waals surface area contributed by atoms with Crippen molar-refractivity contribution in [3.63, 3.8) is 0 Å². The highest BCUT2D eigenvalue weighted by atomic mass is 32.2. The molecule has 0 aliphatic carbocycles. The molecule has 16 heavy (non-hydrogen) atoms. The van der Waals surface area contributed by atoms with E-state index in [9.17, 15) is 17.2 Å². The SMILES string of the molecule is CCC(C)NS(=O)(=O)c1cc(F)cc(F)c1. The Balaban J connectivity index is 3.07. The second-order valence-corrected chi connectivity index (χ2v) is 5.25. The van der Waals surface area contributed by atoms with Crippen LogP contribution in [0, 0.1) is 11.6 Å². The summed E-state index contributed by atoms with van der Waals surface area (Å²) in [5, 5.41) is 0. The molecule has 0 fully saturated rings. The van der Waals surface area contributed by atoms with Crippen LogP contribution in [-0.4, -0.2) is 14.5 Å². The van der Waals surface area contributed by atoms with Crippen molar-refractivity contribution in [3.05, 3.63) is 29.8 Å². The van der Waals surface area contributed by atoms with Gasteiger partial charge in [-0.3, -0.25) is 0 Å². The van der Waals surface area contributed by atoms with Gasteiger partial charge in [0, 0.05) is 12.1 Å². The molecule has 0 bridgehead atoms. The Hall–Kier alpha value is -1.01. The lowest BCUT2D eigenvalue weighted by molar-refractivity contribution is 0.546. The lowest BCUT2D eigenvalue weighted by Gasteiger charge is -2.12. The highest BCUT2D eigenvalue weighted by Gasteiger charge is 2.18. The summed E-state index contributed by atoms with van der Waals surface area (Å²) in [5.41, 5.74) is 0. The summed E-state index contributed by atoms with van der Waals surface area (Å²) in [5.74, 6) is -1.82. The average Bonchev–Trinajstić information content (AvgIpc) is 2.15. The third-order valence-corrected chi connectivity index (χ3v) is 3.68. The van der Waals surface area contributed by atoms with Crippen molar-refractivity contribution in [2.45, 2.75) is 31.2 Å². The van der Waals surface area contributed by atoms with Gasteiger partial charge in [-0.05, 0) is 25.5 Å². The number of hydrogen-bond acceptors (Lipinski definition) is 2. The summed E-state index contributed by atoms with van der Waals surface area (Å²) >= 11 is 0. The van der Waals surface area contributed by atoms with Crippen LogP contribution in [0.2, 0.25) is 0 Å². The lowest BCUT2D eigenvalue weighted by Crippen LogP contribution is -2.32. The zero-order valence-electron chi connectivity index (χ0n) is 9.00. The minimum atomic E-state index is -3.85. The summed E-state index contributed by atoms with van der Waals surface area (Å²) in [6, 6.07) is 1.92. The maximum absolute atomic E-state index is 12.8. The molecular formula is C10H13F2NO2S. The van der Waals surface area contributed by atoms with Gasteiger partial charge >= 0.3 is 0 Å². The molecule has 0 radical (unpaired) electrons. The zero-order valence-corrected chi connectivity index (χ0v) is 9.81. The van der Waals surface area contributed by atoms with E-state index in [0.717, 1.165) is 12.1 Å². The standard InChI is InChI=1S/C10H13F2NO2S/c1-3-7(2)13-16(14,15)10-5-8(11)4-9(12)6-10/h4-7,13H,3H2,1-2H3. The van der Waals surface area contributed by atoms with E-state index in [1.54, 1.807) is 13.8 Å². The number of hydrogen-bond donors (Lipinski definition) is 1. The Morgan fingerprint density at radius 3 is 2.19 bits per heavy atom. The molecule has 0 amide bonds. The third-order valence-electron chi connectivity index (χ3n) is 2.12. The molecular weight excluding hydrogens is 236 g/mol. The highest BCUT2D eigenvalue weighted by molar-refractivity contribution is 7.89. The van der Waals surface area contributed by atoms with Gasteiger partial charge in [0.15, 0.2) is 0 Å². The quantitative estimate of drug-likeness (QED) is 0.887. The van der Waals surface area contributed by atoms with Gasteiger partial charge in [-0.25, -0.2) is 21.9 Å². The number of nitrogens with one attached hydrogen (secondary N) is 1. The van der Waals surface area contributed by atoms with Crippen LogP contribution in [0.25, 0.3) is 0 Å². The third kappa shape index (κ3) is 3.24. The van der Waals surface area contributed by atoms with Gasteiger partial charge in [0.25, 0.3) is 0 Å². The maximum Gasteiger partial charge on any atom is 0.241 e. The predicted octanol–water partition coefficient (Wildman–Crippen LogP) is 2.04. The fourth-order valence-corrected chi connectivity index (χ4v) is 2.47. The molecule has 0 saturated carbocycles. The summed E-state index contributed by atoms with van der Waals surface area (Å²) in [7, 11) is -3.85. The minimum absolute atomic E-state index is 0.281. The molecule has 0 spiro atoms. The molecule has 1 aromatic rings. The van der Waals surface area contributed by atoms with E-state index < -0.39 is 26.6 Å². The van der Waals surface area contributed by atoms with E-state index in [4.69, 9.17) is 0 Å². The summed E-state index contributed by atoms with van der Waals surface area (Å²) < 4.78 is 51.3. The van der Waals surface area contributed by atoms with Crippen LogP contribution in [-0.2, 0) is 10.0 Å². The number of benzene rings is 1. The van der Waals surface area contributed by atoms with Gasteiger partial charge in [-0.2, -0.15) is 0 Å². The molecule has 90 valence electrons. The molecule has 0 aliphatic heterocycles. The minimum Gasteiger partial charge on any atom is -0.208 e. The Morgan fingerprint density at radius 2 is 1.75 bits per heavy atom. The molecule has 0 aromatic heterocycles. The van der Waals surface area contributed by atoms with Crippen LogP contribution in [0.4, 0.5) is 8.78 Å². The number of sulfonamides is 1. The zero-order chi connectivity index (χ0) is 12.3. The van der Waals surface area contributed by atoms with E-state index in [-0.39, 0.29) is 6.04 Å². The fraction of sp³-hybridized carbons (Fsp3) is 0.400. The smallest absolute Gasteiger partial charge is 0.208 e. The van der Waals surface area contributed by atoms with Gasteiger partial charge in [0.2, 0.25) is 10.0 Å². The van der Waals surface area contributed by atoms with Crippen LogP contribution in [0.3, 0.4) is 0 Å². The van der Waals surface area contributed by atoms with Crippen molar-refractivity contribution in [2.24, 2.45) is 0 Å². The Kier molecular flexibility index (Phi) is 3.98. The van der Waals surface area contributed by atoms with Crippen LogP contribution in [0.1, 0.15) is 20.3 Å². The first-order valence-corrected chi connectivity index (χ1v) is 6.32. The van der Waals surface area contributed by atoms with Crippen molar-refractivity contribution in [3.8, 4) is 0 Å². The number of halogens is 2. The first-order chi connectivity index (χ1) is 7.35. The molecule has 1 aromatic carbocycles. The fourth-order valence-electron chi connectivity index (χ4n) is 1.10. The molecule has 0 heterocycles. The van der Waals surface area contributed by atoms with Crippen molar-refractivity contribution in [2.75, 3.05) is 0 Å². The average molecular weight is 249 g/mol. The van der Waals surface area contributed by atoms with Crippen LogP contribution in [0.5, 0.6) is 0 Å². The van der Waals surface area contributed by atoms with E-state index in [0.29, 0.717) is 12.5 Å². The van der Waals surface area contributed by atoms with Gasteiger partial charge in [0.05, 0.1) is 4.90 Å². The number of rotatable bonds is 4.